The molecule has 1 aliphatic rings. The van der Waals surface area contributed by atoms with E-state index in [9.17, 15) is 0 Å². The standard InChI is InChI=1S/C8H18.C7H12N2/c1-3-5-7-8-6-4-2;1-9-4-2-7(6-8)3-5-9/h3-8H2,1-2H3;7H,2-5H2,1H3. The Balaban J connectivity index is 0.000000304. The maximum atomic E-state index is 8.51. The molecular formula is C15H30N2. The van der Waals surface area contributed by atoms with E-state index in [2.05, 4.69) is 31.9 Å². The van der Waals surface area contributed by atoms with Crippen molar-refractivity contribution in [2.24, 2.45) is 5.92 Å². The third-order valence-electron chi connectivity index (χ3n) is 3.36. The number of rotatable bonds is 5. The predicted molar refractivity (Wildman–Crippen MR) is 74.9 cm³/mol. The van der Waals surface area contributed by atoms with Gasteiger partial charge in [-0.05, 0) is 33.0 Å². The average molecular weight is 238 g/mol. The summed E-state index contributed by atoms with van der Waals surface area (Å²) in [6.07, 6.45) is 10.6. The molecule has 1 fully saturated rings. The minimum Gasteiger partial charge on any atom is -0.306 e. The summed E-state index contributed by atoms with van der Waals surface area (Å²) < 4.78 is 0. The summed E-state index contributed by atoms with van der Waals surface area (Å²) in [4.78, 5) is 2.27. The van der Waals surface area contributed by atoms with Crippen molar-refractivity contribution in [3.8, 4) is 6.07 Å². The topological polar surface area (TPSA) is 27.0 Å². The van der Waals surface area contributed by atoms with Gasteiger partial charge in [0.05, 0.1) is 6.07 Å². The molecule has 0 bridgehead atoms. The summed E-state index contributed by atoms with van der Waals surface area (Å²) in [5.41, 5.74) is 0. The molecule has 1 heterocycles. The van der Waals surface area contributed by atoms with Crippen LogP contribution in [0.1, 0.15) is 65.2 Å². The number of piperidine rings is 1. The highest BCUT2D eigenvalue weighted by atomic mass is 15.1. The first kappa shape index (κ1) is 16.4. The van der Waals surface area contributed by atoms with Gasteiger partial charge in [0.2, 0.25) is 0 Å². The lowest BCUT2D eigenvalue weighted by Crippen LogP contribution is -2.29. The molecule has 0 N–H and O–H groups in total. The molecule has 0 aromatic carbocycles. The summed E-state index contributed by atoms with van der Waals surface area (Å²) in [5.74, 6) is 0.334. The van der Waals surface area contributed by atoms with Crippen LogP contribution in [0.4, 0.5) is 0 Å². The fourth-order valence-electron chi connectivity index (χ4n) is 1.99. The lowest BCUT2D eigenvalue weighted by molar-refractivity contribution is 0.247. The van der Waals surface area contributed by atoms with E-state index in [1.807, 2.05) is 0 Å². The SMILES string of the molecule is CCCCCCCC.CN1CCC(C#N)CC1. The maximum absolute atomic E-state index is 8.51. The molecule has 0 saturated carbocycles. The summed E-state index contributed by atoms with van der Waals surface area (Å²) in [7, 11) is 2.10. The van der Waals surface area contributed by atoms with Gasteiger partial charge in [-0.25, -0.2) is 0 Å². The molecule has 1 aliphatic heterocycles. The van der Waals surface area contributed by atoms with Gasteiger partial charge in [-0.3, -0.25) is 0 Å². The van der Waals surface area contributed by atoms with Gasteiger partial charge in [0.1, 0.15) is 0 Å². The minimum atomic E-state index is 0.334. The lowest BCUT2D eigenvalue weighted by atomic mass is 9.99. The third-order valence-corrected chi connectivity index (χ3v) is 3.36. The van der Waals surface area contributed by atoms with E-state index in [4.69, 9.17) is 5.26 Å². The quantitative estimate of drug-likeness (QED) is 0.671. The molecule has 2 heteroatoms. The third kappa shape index (κ3) is 10.3. The summed E-state index contributed by atoms with van der Waals surface area (Å²) >= 11 is 0. The van der Waals surface area contributed by atoms with Crippen LogP contribution in [-0.2, 0) is 0 Å². The number of hydrogen-bond acceptors (Lipinski definition) is 2. The molecule has 0 spiro atoms. The zero-order valence-corrected chi connectivity index (χ0v) is 12.0. The first-order valence-corrected chi connectivity index (χ1v) is 7.32. The molecule has 0 radical (unpaired) electrons. The van der Waals surface area contributed by atoms with Crippen molar-refractivity contribution in [2.75, 3.05) is 20.1 Å². The minimum absolute atomic E-state index is 0.334. The largest absolute Gasteiger partial charge is 0.306 e. The van der Waals surface area contributed by atoms with Gasteiger partial charge in [0.15, 0.2) is 0 Å². The highest BCUT2D eigenvalue weighted by Crippen LogP contribution is 2.13. The maximum Gasteiger partial charge on any atom is 0.0656 e. The summed E-state index contributed by atoms with van der Waals surface area (Å²) in [6.45, 7) is 6.70. The second kappa shape index (κ2) is 11.9. The van der Waals surface area contributed by atoms with Crippen LogP contribution in [0.3, 0.4) is 0 Å². The van der Waals surface area contributed by atoms with Crippen LogP contribution in [0.15, 0.2) is 0 Å². The van der Waals surface area contributed by atoms with Crippen molar-refractivity contribution in [1.29, 1.82) is 5.26 Å². The Labute approximate surface area is 108 Å². The van der Waals surface area contributed by atoms with E-state index in [1.165, 1.54) is 38.5 Å². The van der Waals surface area contributed by atoms with Crippen LogP contribution in [0.5, 0.6) is 0 Å². The number of likely N-dealkylation sites (tertiary alicyclic amines) is 1. The molecule has 0 aromatic heterocycles. The Bertz CT molecular complexity index is 182. The highest BCUT2D eigenvalue weighted by Gasteiger charge is 2.14. The van der Waals surface area contributed by atoms with Crippen molar-refractivity contribution >= 4 is 0 Å². The molecule has 0 unspecified atom stereocenters. The van der Waals surface area contributed by atoms with Crippen LogP contribution in [-0.4, -0.2) is 25.0 Å². The zero-order chi connectivity index (χ0) is 12.9. The Kier molecular flexibility index (Phi) is 11.5. The smallest absolute Gasteiger partial charge is 0.0656 e. The first-order valence-electron chi connectivity index (χ1n) is 7.32. The lowest BCUT2D eigenvalue weighted by Gasteiger charge is -2.24. The van der Waals surface area contributed by atoms with Gasteiger partial charge in [0.25, 0.3) is 0 Å². The van der Waals surface area contributed by atoms with Crippen molar-refractivity contribution in [3.05, 3.63) is 0 Å². The number of unbranched alkanes of at least 4 members (excludes halogenated alkanes) is 5. The van der Waals surface area contributed by atoms with Crippen molar-refractivity contribution in [1.82, 2.24) is 4.90 Å². The van der Waals surface area contributed by atoms with Gasteiger partial charge >= 0.3 is 0 Å². The molecule has 0 atom stereocenters. The first-order chi connectivity index (χ1) is 8.24. The fraction of sp³-hybridized carbons (Fsp3) is 0.933. The van der Waals surface area contributed by atoms with Crippen molar-refractivity contribution in [3.63, 3.8) is 0 Å². The van der Waals surface area contributed by atoms with E-state index in [-0.39, 0.29) is 0 Å². The van der Waals surface area contributed by atoms with E-state index in [0.29, 0.717) is 5.92 Å². The Morgan fingerprint density at radius 1 is 1.00 bits per heavy atom. The van der Waals surface area contributed by atoms with Crippen molar-refractivity contribution in [2.45, 2.75) is 65.2 Å². The van der Waals surface area contributed by atoms with Gasteiger partial charge < -0.3 is 4.90 Å². The summed E-state index contributed by atoms with van der Waals surface area (Å²) in [5, 5.41) is 8.51. The second-order valence-corrected chi connectivity index (χ2v) is 5.12. The van der Waals surface area contributed by atoms with E-state index >= 15 is 0 Å². The van der Waals surface area contributed by atoms with Crippen LogP contribution in [0, 0.1) is 17.2 Å². The number of nitrogens with zero attached hydrogens (tertiary/aromatic N) is 2. The molecule has 1 saturated heterocycles. The van der Waals surface area contributed by atoms with Crippen LogP contribution in [0.25, 0.3) is 0 Å². The highest BCUT2D eigenvalue weighted by molar-refractivity contribution is 4.86. The molecular weight excluding hydrogens is 208 g/mol. The molecule has 1 rings (SSSR count). The normalized spacial score (nSPS) is 17.1. The molecule has 0 aliphatic carbocycles. The van der Waals surface area contributed by atoms with Crippen molar-refractivity contribution < 1.29 is 0 Å². The molecule has 0 aromatic rings. The molecule has 100 valence electrons. The molecule has 17 heavy (non-hydrogen) atoms. The monoisotopic (exact) mass is 238 g/mol. The molecule has 0 amide bonds. The Morgan fingerprint density at radius 2 is 1.47 bits per heavy atom. The van der Waals surface area contributed by atoms with Gasteiger partial charge in [0, 0.05) is 5.92 Å². The summed E-state index contributed by atoms with van der Waals surface area (Å²) in [6, 6.07) is 2.30. The van der Waals surface area contributed by atoms with E-state index < -0.39 is 0 Å². The van der Waals surface area contributed by atoms with Gasteiger partial charge in [-0.1, -0.05) is 52.4 Å². The average Bonchev–Trinajstić information content (AvgIpc) is 2.37. The predicted octanol–water partition coefficient (Wildman–Crippen LogP) is 4.22. The van der Waals surface area contributed by atoms with Crippen LogP contribution in [0.2, 0.25) is 0 Å². The van der Waals surface area contributed by atoms with Gasteiger partial charge in [-0.2, -0.15) is 5.26 Å². The van der Waals surface area contributed by atoms with E-state index in [1.54, 1.807) is 0 Å². The zero-order valence-electron chi connectivity index (χ0n) is 12.0. The Hall–Kier alpha value is -0.550. The molecule has 2 nitrogen and oxygen atoms in total. The van der Waals surface area contributed by atoms with E-state index in [0.717, 1.165) is 25.9 Å². The van der Waals surface area contributed by atoms with Crippen LogP contribution >= 0.6 is 0 Å². The Morgan fingerprint density at radius 3 is 1.82 bits per heavy atom. The fourth-order valence-corrected chi connectivity index (χ4v) is 1.99. The van der Waals surface area contributed by atoms with Crippen LogP contribution < -0.4 is 0 Å². The second-order valence-electron chi connectivity index (χ2n) is 5.12. The number of nitriles is 1. The number of hydrogen-bond donors (Lipinski definition) is 0. The van der Waals surface area contributed by atoms with Gasteiger partial charge in [-0.15, -0.1) is 0 Å².